The van der Waals surface area contributed by atoms with Crippen LogP contribution in [0.25, 0.3) is 42.0 Å². The lowest BCUT2D eigenvalue weighted by molar-refractivity contribution is 0.648. The Morgan fingerprint density at radius 3 is 2.45 bits per heavy atom. The lowest BCUT2D eigenvalue weighted by Crippen LogP contribution is -2.06. The molecule has 0 fully saturated rings. The summed E-state index contributed by atoms with van der Waals surface area (Å²) < 4.78 is 5.27. The Morgan fingerprint density at radius 2 is 1.58 bits per heavy atom. The normalized spacial score (nSPS) is 15.8. The van der Waals surface area contributed by atoms with Gasteiger partial charge in [-0.1, -0.05) is 72.8 Å². The molecule has 0 aliphatic heterocycles. The third kappa shape index (κ3) is 2.93. The molecule has 0 saturated heterocycles. The highest BCUT2D eigenvalue weighted by Gasteiger charge is 2.20. The van der Waals surface area contributed by atoms with Crippen LogP contribution in [0.3, 0.4) is 0 Å². The molecule has 1 aliphatic carbocycles. The molecule has 3 heteroatoms. The molecule has 0 amide bonds. The van der Waals surface area contributed by atoms with Crippen LogP contribution in [-0.4, -0.2) is 4.57 Å². The number of nitrogens with one attached hydrogen (secondary N) is 1. The van der Waals surface area contributed by atoms with Crippen molar-refractivity contribution in [2.24, 2.45) is 0 Å². The zero-order valence-electron chi connectivity index (χ0n) is 18.0. The van der Waals surface area contributed by atoms with Gasteiger partial charge in [-0.2, -0.15) is 0 Å². The highest BCUT2D eigenvalue weighted by molar-refractivity contribution is 7.26. The Kier molecular flexibility index (Phi) is 4.18. The first-order valence-corrected chi connectivity index (χ1v) is 12.2. The van der Waals surface area contributed by atoms with E-state index in [1.165, 1.54) is 42.0 Å². The molecule has 33 heavy (non-hydrogen) atoms. The van der Waals surface area contributed by atoms with Crippen molar-refractivity contribution in [2.75, 3.05) is 5.32 Å². The van der Waals surface area contributed by atoms with E-state index >= 15 is 0 Å². The third-order valence-electron chi connectivity index (χ3n) is 6.66. The van der Waals surface area contributed by atoms with E-state index in [0.717, 1.165) is 17.8 Å². The molecule has 6 aromatic rings. The Labute approximate surface area is 196 Å². The van der Waals surface area contributed by atoms with Crippen molar-refractivity contribution in [3.63, 3.8) is 0 Å². The molecule has 1 aliphatic rings. The summed E-state index contributed by atoms with van der Waals surface area (Å²) in [6.45, 7) is 0. The molecule has 7 rings (SSSR count). The van der Waals surface area contributed by atoms with Crippen molar-refractivity contribution in [2.45, 2.75) is 12.5 Å². The van der Waals surface area contributed by atoms with Crippen LogP contribution in [0.15, 0.2) is 109 Å². The molecule has 2 nitrogen and oxygen atoms in total. The first-order chi connectivity index (χ1) is 16.4. The van der Waals surface area contributed by atoms with Crippen LogP contribution in [0.4, 0.5) is 11.4 Å². The predicted molar refractivity (Wildman–Crippen MR) is 144 cm³/mol. The lowest BCUT2D eigenvalue weighted by Gasteiger charge is -2.19. The fraction of sp³-hybridized carbons (Fsp3) is 0.0667. The minimum absolute atomic E-state index is 0.314. The van der Waals surface area contributed by atoms with Crippen LogP contribution in [-0.2, 0) is 0 Å². The van der Waals surface area contributed by atoms with Gasteiger partial charge < -0.3 is 9.88 Å². The second-order valence-electron chi connectivity index (χ2n) is 8.64. The van der Waals surface area contributed by atoms with E-state index in [1.54, 1.807) is 0 Å². The van der Waals surface area contributed by atoms with Crippen molar-refractivity contribution < 1.29 is 0 Å². The Balaban J connectivity index is 1.54. The number of thiophene rings is 1. The van der Waals surface area contributed by atoms with Crippen LogP contribution in [0.2, 0.25) is 0 Å². The SMILES string of the molecule is C1=CCC(n2c3cc(Nc4ccccc4)ccc3c3c4sc5ccccc5c4ccc32)C=C1. The molecule has 1 atom stereocenters. The summed E-state index contributed by atoms with van der Waals surface area (Å²) in [7, 11) is 0. The van der Waals surface area contributed by atoms with Crippen LogP contribution < -0.4 is 5.32 Å². The molecule has 4 aromatic carbocycles. The van der Waals surface area contributed by atoms with Gasteiger partial charge in [-0.05, 0) is 42.8 Å². The van der Waals surface area contributed by atoms with Crippen molar-refractivity contribution in [1.82, 2.24) is 4.57 Å². The number of hydrogen-bond donors (Lipinski definition) is 1. The highest BCUT2D eigenvalue weighted by atomic mass is 32.1. The second kappa shape index (κ2) is 7.36. The number of allylic oxidation sites excluding steroid dienone is 4. The van der Waals surface area contributed by atoms with Gasteiger partial charge in [-0.3, -0.25) is 0 Å². The predicted octanol–water partition coefficient (Wildman–Crippen LogP) is 8.96. The van der Waals surface area contributed by atoms with E-state index in [0.29, 0.717) is 6.04 Å². The molecule has 1 unspecified atom stereocenters. The second-order valence-corrected chi connectivity index (χ2v) is 9.70. The van der Waals surface area contributed by atoms with Crippen molar-refractivity contribution in [1.29, 1.82) is 0 Å². The summed E-state index contributed by atoms with van der Waals surface area (Å²) in [5.41, 5.74) is 4.80. The van der Waals surface area contributed by atoms with Crippen LogP contribution >= 0.6 is 11.3 Å². The molecule has 158 valence electrons. The fourth-order valence-corrected chi connectivity index (χ4v) is 6.45. The summed E-state index contributed by atoms with van der Waals surface area (Å²) in [6.07, 6.45) is 9.93. The van der Waals surface area contributed by atoms with Crippen LogP contribution in [0, 0.1) is 0 Å². The molecule has 2 heterocycles. The Bertz CT molecular complexity index is 1720. The maximum Gasteiger partial charge on any atom is 0.0560 e. The van der Waals surface area contributed by atoms with E-state index in [2.05, 4.69) is 113 Å². The number of benzene rings is 4. The van der Waals surface area contributed by atoms with Gasteiger partial charge in [0.1, 0.15) is 0 Å². The van der Waals surface area contributed by atoms with E-state index in [1.807, 2.05) is 17.4 Å². The number of fused-ring (bicyclic) bond motifs is 7. The maximum atomic E-state index is 3.59. The van der Waals surface area contributed by atoms with Gasteiger partial charge in [-0.25, -0.2) is 0 Å². The topological polar surface area (TPSA) is 17.0 Å². The number of rotatable bonds is 3. The molecular weight excluding hydrogens is 420 g/mol. The van der Waals surface area contributed by atoms with E-state index < -0.39 is 0 Å². The third-order valence-corrected chi connectivity index (χ3v) is 7.87. The van der Waals surface area contributed by atoms with Gasteiger partial charge in [0.05, 0.1) is 17.1 Å². The summed E-state index contributed by atoms with van der Waals surface area (Å²) >= 11 is 1.91. The van der Waals surface area contributed by atoms with E-state index in [4.69, 9.17) is 0 Å². The number of nitrogens with zero attached hydrogens (tertiary/aromatic N) is 1. The maximum absolute atomic E-state index is 3.59. The minimum atomic E-state index is 0.314. The van der Waals surface area contributed by atoms with E-state index in [9.17, 15) is 0 Å². The van der Waals surface area contributed by atoms with Crippen LogP contribution in [0.1, 0.15) is 12.5 Å². The standard InChI is InChI=1S/C30H22N2S/c1-3-9-20(10-4-1)31-21-15-16-25-27(19-21)32(22-11-5-2-6-12-22)26-18-17-24-23-13-7-8-14-28(23)33-30(24)29(25)26/h1-11,13-19,22,31H,12H2. The number of anilines is 2. The van der Waals surface area contributed by atoms with Gasteiger partial charge in [0.2, 0.25) is 0 Å². The molecule has 1 N–H and O–H groups in total. The molecule has 0 radical (unpaired) electrons. The molecule has 2 aromatic heterocycles. The van der Waals surface area contributed by atoms with Gasteiger partial charge in [0, 0.05) is 42.3 Å². The quantitative estimate of drug-likeness (QED) is 0.289. The Morgan fingerprint density at radius 1 is 0.727 bits per heavy atom. The van der Waals surface area contributed by atoms with Gasteiger partial charge in [0.15, 0.2) is 0 Å². The zero-order valence-corrected chi connectivity index (χ0v) is 18.8. The fourth-order valence-electron chi connectivity index (χ4n) is 5.19. The summed E-state index contributed by atoms with van der Waals surface area (Å²) in [5.74, 6) is 0. The first kappa shape index (κ1) is 18.7. The van der Waals surface area contributed by atoms with Gasteiger partial charge >= 0.3 is 0 Å². The monoisotopic (exact) mass is 442 g/mol. The summed E-state index contributed by atoms with van der Waals surface area (Å²) in [4.78, 5) is 0. The van der Waals surface area contributed by atoms with Crippen LogP contribution in [0.5, 0.6) is 0 Å². The largest absolute Gasteiger partial charge is 0.355 e. The number of para-hydroxylation sites is 1. The smallest absolute Gasteiger partial charge is 0.0560 e. The lowest BCUT2D eigenvalue weighted by atomic mass is 10.1. The minimum Gasteiger partial charge on any atom is -0.355 e. The molecular formula is C30H22N2S. The average Bonchev–Trinajstić information content (AvgIpc) is 3.40. The first-order valence-electron chi connectivity index (χ1n) is 11.4. The highest BCUT2D eigenvalue weighted by Crippen LogP contribution is 2.44. The average molecular weight is 443 g/mol. The Hall–Kier alpha value is -3.82. The zero-order chi connectivity index (χ0) is 21.8. The van der Waals surface area contributed by atoms with Crippen molar-refractivity contribution in [3.05, 3.63) is 109 Å². The van der Waals surface area contributed by atoms with Crippen molar-refractivity contribution in [3.8, 4) is 0 Å². The van der Waals surface area contributed by atoms with Gasteiger partial charge in [0.25, 0.3) is 0 Å². The molecule has 0 saturated carbocycles. The molecule has 0 bridgehead atoms. The van der Waals surface area contributed by atoms with E-state index in [-0.39, 0.29) is 0 Å². The summed E-state index contributed by atoms with van der Waals surface area (Å²) in [5, 5.41) is 8.99. The molecule has 0 spiro atoms. The number of aromatic nitrogens is 1. The van der Waals surface area contributed by atoms with Crippen molar-refractivity contribution >= 4 is 64.7 Å². The summed E-state index contributed by atoms with van der Waals surface area (Å²) in [6, 6.07) is 30.9. The van der Waals surface area contributed by atoms with Gasteiger partial charge in [-0.15, -0.1) is 11.3 Å². The number of hydrogen-bond acceptors (Lipinski definition) is 2.